The predicted octanol–water partition coefficient (Wildman–Crippen LogP) is 2.62. The molecule has 22 heavy (non-hydrogen) atoms. The fraction of sp³-hybridized carbons (Fsp3) is 0.647. The zero-order chi connectivity index (χ0) is 14.9. The van der Waals surface area contributed by atoms with Gasteiger partial charge in [-0.15, -0.1) is 0 Å². The summed E-state index contributed by atoms with van der Waals surface area (Å²) < 4.78 is 8.19. The van der Waals surface area contributed by atoms with Gasteiger partial charge in [-0.2, -0.15) is 0 Å². The average molecular weight is 300 g/mol. The molecule has 2 aromatic heterocycles. The number of rotatable bonds is 3. The van der Waals surface area contributed by atoms with Crippen molar-refractivity contribution in [2.24, 2.45) is 5.92 Å². The van der Waals surface area contributed by atoms with Crippen molar-refractivity contribution in [3.63, 3.8) is 0 Å². The Kier molecular flexibility index (Phi) is 3.84. The van der Waals surface area contributed by atoms with E-state index in [0.717, 1.165) is 48.8 Å². The van der Waals surface area contributed by atoms with Crippen LogP contribution >= 0.6 is 0 Å². The summed E-state index contributed by atoms with van der Waals surface area (Å²) >= 11 is 0. The quantitative estimate of drug-likeness (QED) is 0.874. The van der Waals surface area contributed by atoms with Gasteiger partial charge in [0.25, 0.3) is 0 Å². The van der Waals surface area contributed by atoms with Crippen molar-refractivity contribution in [1.29, 1.82) is 0 Å². The van der Waals surface area contributed by atoms with Gasteiger partial charge in [-0.25, -0.2) is 9.97 Å². The molecule has 1 atom stereocenters. The fourth-order valence-corrected chi connectivity index (χ4v) is 3.71. The smallest absolute Gasteiger partial charge is 0.162 e. The second-order valence-corrected chi connectivity index (χ2v) is 6.66. The first-order valence-electron chi connectivity index (χ1n) is 8.43. The van der Waals surface area contributed by atoms with Gasteiger partial charge in [0.1, 0.15) is 17.6 Å². The maximum Gasteiger partial charge on any atom is 0.162 e. The van der Waals surface area contributed by atoms with Crippen LogP contribution in [0.3, 0.4) is 0 Å². The molecule has 2 saturated heterocycles. The summed E-state index contributed by atoms with van der Waals surface area (Å²) in [7, 11) is 2.21. The van der Waals surface area contributed by atoms with Crippen LogP contribution < -0.4 is 0 Å². The maximum absolute atomic E-state index is 5.93. The number of nitrogens with zero attached hydrogens (tertiary/aromatic N) is 4. The second kappa shape index (κ2) is 5.97. The van der Waals surface area contributed by atoms with Crippen LogP contribution in [0.2, 0.25) is 0 Å². The van der Waals surface area contributed by atoms with Crippen molar-refractivity contribution in [3.8, 4) is 0 Å². The Hall–Kier alpha value is -1.46. The molecular formula is C17H24N4O. The van der Waals surface area contributed by atoms with Crippen molar-refractivity contribution in [2.45, 2.75) is 38.3 Å². The lowest BCUT2D eigenvalue weighted by Crippen LogP contribution is -2.31. The highest BCUT2D eigenvalue weighted by Crippen LogP contribution is 2.30. The van der Waals surface area contributed by atoms with Crippen LogP contribution in [-0.4, -0.2) is 46.2 Å². The third kappa shape index (κ3) is 2.63. The van der Waals surface area contributed by atoms with Crippen LogP contribution in [0.25, 0.3) is 11.2 Å². The molecule has 0 radical (unpaired) electrons. The molecule has 5 heteroatoms. The Morgan fingerprint density at radius 2 is 2.14 bits per heavy atom. The van der Waals surface area contributed by atoms with Crippen molar-refractivity contribution < 1.29 is 4.74 Å². The van der Waals surface area contributed by atoms with Crippen molar-refractivity contribution in [3.05, 3.63) is 24.2 Å². The monoisotopic (exact) mass is 300 g/mol. The number of imidazole rings is 1. The minimum absolute atomic E-state index is 0.126. The summed E-state index contributed by atoms with van der Waals surface area (Å²) in [5.74, 6) is 1.89. The number of fused-ring (bicyclic) bond motifs is 1. The first-order valence-corrected chi connectivity index (χ1v) is 8.43. The number of hydrogen-bond acceptors (Lipinski definition) is 4. The van der Waals surface area contributed by atoms with Crippen LogP contribution in [0.4, 0.5) is 0 Å². The molecule has 1 unspecified atom stereocenters. The van der Waals surface area contributed by atoms with Gasteiger partial charge in [-0.05, 0) is 63.9 Å². The van der Waals surface area contributed by atoms with E-state index in [1.165, 1.54) is 25.9 Å². The molecule has 0 saturated carbocycles. The van der Waals surface area contributed by atoms with Gasteiger partial charge in [0.2, 0.25) is 0 Å². The van der Waals surface area contributed by atoms with Crippen LogP contribution in [0, 0.1) is 5.92 Å². The Morgan fingerprint density at radius 3 is 2.91 bits per heavy atom. The largest absolute Gasteiger partial charge is 0.358 e. The number of hydrogen-bond donors (Lipinski definition) is 0. The fourth-order valence-electron chi connectivity index (χ4n) is 3.71. The maximum atomic E-state index is 5.93. The molecule has 0 bridgehead atoms. The highest BCUT2D eigenvalue weighted by atomic mass is 16.5. The van der Waals surface area contributed by atoms with Gasteiger partial charge < -0.3 is 9.64 Å². The Balaban J connectivity index is 1.65. The van der Waals surface area contributed by atoms with Gasteiger partial charge in [-0.3, -0.25) is 4.57 Å². The lowest BCUT2D eigenvalue weighted by atomic mass is 9.93. The van der Waals surface area contributed by atoms with E-state index in [2.05, 4.69) is 27.6 Å². The van der Waals surface area contributed by atoms with E-state index in [-0.39, 0.29) is 6.23 Å². The normalized spacial score (nSPS) is 24.3. The van der Waals surface area contributed by atoms with Gasteiger partial charge in [0.15, 0.2) is 5.65 Å². The first-order chi connectivity index (χ1) is 10.8. The lowest BCUT2D eigenvalue weighted by Gasteiger charge is -2.29. The van der Waals surface area contributed by atoms with Crippen LogP contribution in [0.15, 0.2) is 18.3 Å². The minimum Gasteiger partial charge on any atom is -0.358 e. The molecule has 0 amide bonds. The van der Waals surface area contributed by atoms with E-state index >= 15 is 0 Å². The summed E-state index contributed by atoms with van der Waals surface area (Å²) in [4.78, 5) is 11.9. The molecule has 118 valence electrons. The molecule has 5 nitrogen and oxygen atoms in total. The molecule has 2 aliphatic rings. The SMILES string of the molecule is CN1CCC(Cc2nc3cccnc3n2C2CCCO2)CC1. The summed E-state index contributed by atoms with van der Waals surface area (Å²) in [6.07, 6.45) is 7.75. The Morgan fingerprint density at radius 1 is 1.27 bits per heavy atom. The number of likely N-dealkylation sites (tertiary alicyclic amines) is 1. The van der Waals surface area contributed by atoms with Crippen LogP contribution in [-0.2, 0) is 11.2 Å². The first kappa shape index (κ1) is 14.2. The molecule has 0 N–H and O–H groups in total. The average Bonchev–Trinajstić information content (AvgIpc) is 3.16. The van der Waals surface area contributed by atoms with E-state index in [9.17, 15) is 0 Å². The van der Waals surface area contributed by atoms with Crippen LogP contribution in [0.5, 0.6) is 0 Å². The topological polar surface area (TPSA) is 43.2 Å². The highest BCUT2D eigenvalue weighted by Gasteiger charge is 2.26. The molecule has 2 aromatic rings. The molecule has 0 aliphatic carbocycles. The standard InChI is InChI=1S/C17H24N4O/c1-20-9-6-13(7-10-20)12-15-19-14-4-2-8-18-17(14)21(15)16-5-3-11-22-16/h2,4,8,13,16H,3,5-7,9-12H2,1H3. The van der Waals surface area contributed by atoms with Crippen molar-refractivity contribution in [1.82, 2.24) is 19.4 Å². The molecule has 0 aromatic carbocycles. The summed E-state index contributed by atoms with van der Waals surface area (Å²) in [6.45, 7) is 3.25. The van der Waals surface area contributed by atoms with Gasteiger partial charge in [0, 0.05) is 19.2 Å². The van der Waals surface area contributed by atoms with E-state index in [4.69, 9.17) is 9.72 Å². The third-order valence-electron chi connectivity index (χ3n) is 5.02. The van der Waals surface area contributed by atoms with Crippen molar-refractivity contribution in [2.75, 3.05) is 26.7 Å². The highest BCUT2D eigenvalue weighted by molar-refractivity contribution is 5.71. The number of ether oxygens (including phenoxy) is 1. The van der Waals surface area contributed by atoms with Crippen LogP contribution in [0.1, 0.15) is 37.7 Å². The van der Waals surface area contributed by atoms with Crippen molar-refractivity contribution >= 4 is 11.2 Å². The third-order valence-corrected chi connectivity index (χ3v) is 5.02. The predicted molar refractivity (Wildman–Crippen MR) is 85.7 cm³/mol. The summed E-state index contributed by atoms with van der Waals surface area (Å²) in [6, 6.07) is 4.03. The zero-order valence-electron chi connectivity index (χ0n) is 13.2. The summed E-state index contributed by atoms with van der Waals surface area (Å²) in [5.41, 5.74) is 1.98. The number of piperidine rings is 1. The van der Waals surface area contributed by atoms with E-state index < -0.39 is 0 Å². The molecule has 0 spiro atoms. The number of pyridine rings is 1. The molecule has 4 heterocycles. The molecule has 4 rings (SSSR count). The molecular weight excluding hydrogens is 276 g/mol. The summed E-state index contributed by atoms with van der Waals surface area (Å²) in [5, 5.41) is 0. The van der Waals surface area contributed by atoms with E-state index in [0.29, 0.717) is 0 Å². The minimum atomic E-state index is 0.126. The molecule has 2 aliphatic heterocycles. The Bertz CT molecular complexity index is 639. The van der Waals surface area contributed by atoms with E-state index in [1.807, 2.05) is 12.3 Å². The van der Waals surface area contributed by atoms with Gasteiger partial charge in [-0.1, -0.05) is 0 Å². The van der Waals surface area contributed by atoms with Gasteiger partial charge >= 0.3 is 0 Å². The van der Waals surface area contributed by atoms with E-state index in [1.54, 1.807) is 0 Å². The Labute approximate surface area is 131 Å². The molecule has 2 fully saturated rings. The second-order valence-electron chi connectivity index (χ2n) is 6.66. The zero-order valence-corrected chi connectivity index (χ0v) is 13.2. The lowest BCUT2D eigenvalue weighted by molar-refractivity contribution is 0.0562. The van der Waals surface area contributed by atoms with Gasteiger partial charge in [0.05, 0.1) is 0 Å². The number of aromatic nitrogens is 3.